The Kier molecular flexibility index (Phi) is 1.76. The lowest BCUT2D eigenvalue weighted by Gasteiger charge is -2.03. The quantitative estimate of drug-likeness (QED) is 0.483. The second-order valence-corrected chi connectivity index (χ2v) is 2.52. The normalized spacial score (nSPS) is 32.9. The van der Waals surface area contributed by atoms with Gasteiger partial charge in [0.1, 0.15) is 0 Å². The lowest BCUT2D eigenvalue weighted by Crippen LogP contribution is -2.03. The fourth-order valence-electron chi connectivity index (χ4n) is 1.25. The Morgan fingerprint density at radius 1 is 1.67 bits per heavy atom. The van der Waals surface area contributed by atoms with E-state index in [0.29, 0.717) is 5.76 Å². The first-order valence-electron chi connectivity index (χ1n) is 3.28. The molecule has 52 valence electrons. The molecule has 0 spiro atoms. The Bertz CT molecular complexity index is 134. The van der Waals surface area contributed by atoms with Crippen molar-refractivity contribution in [2.45, 2.75) is 32.3 Å². The van der Waals surface area contributed by atoms with Crippen molar-refractivity contribution in [2.75, 3.05) is 0 Å². The summed E-state index contributed by atoms with van der Waals surface area (Å²) in [5.41, 5.74) is 0.829. The number of aliphatic hydroxyl groups excluding tert-OH is 2. The van der Waals surface area contributed by atoms with Gasteiger partial charge in [-0.2, -0.15) is 0 Å². The van der Waals surface area contributed by atoms with E-state index in [1.807, 2.05) is 0 Å². The zero-order chi connectivity index (χ0) is 6.85. The minimum atomic E-state index is -0.366. The monoisotopic (exact) mass is 128 g/mol. The molecule has 2 nitrogen and oxygen atoms in total. The molecular formula is C7H12O2. The smallest absolute Gasteiger partial charge is 0.0909 e. The predicted molar refractivity (Wildman–Crippen MR) is 35.2 cm³/mol. The molecule has 1 aliphatic carbocycles. The van der Waals surface area contributed by atoms with Crippen LogP contribution >= 0.6 is 0 Å². The molecule has 9 heavy (non-hydrogen) atoms. The molecule has 0 amide bonds. The summed E-state index contributed by atoms with van der Waals surface area (Å²) in [6.07, 6.45) is 2.32. The first kappa shape index (κ1) is 6.62. The van der Waals surface area contributed by atoms with Gasteiger partial charge in [0, 0.05) is 0 Å². The Balaban J connectivity index is 2.70. The van der Waals surface area contributed by atoms with E-state index in [9.17, 15) is 0 Å². The van der Waals surface area contributed by atoms with Crippen LogP contribution in [0.3, 0.4) is 0 Å². The van der Waals surface area contributed by atoms with E-state index < -0.39 is 0 Å². The van der Waals surface area contributed by atoms with E-state index in [0.717, 1.165) is 24.8 Å². The minimum Gasteiger partial charge on any atom is -0.513 e. The molecular weight excluding hydrogens is 116 g/mol. The third-order valence-corrected chi connectivity index (χ3v) is 1.79. The molecule has 0 aromatic heterocycles. The van der Waals surface area contributed by atoms with Gasteiger partial charge in [-0.05, 0) is 31.8 Å². The number of hydrogen-bond acceptors (Lipinski definition) is 2. The number of allylic oxidation sites excluding steroid dienone is 1. The topological polar surface area (TPSA) is 40.5 Å². The molecule has 2 N–H and O–H groups in total. The molecule has 1 unspecified atom stereocenters. The number of aliphatic hydroxyl groups is 2. The highest BCUT2D eigenvalue weighted by Crippen LogP contribution is 2.26. The lowest BCUT2D eigenvalue weighted by molar-refractivity contribution is 0.211. The third-order valence-electron chi connectivity index (χ3n) is 1.79. The van der Waals surface area contributed by atoms with Crippen molar-refractivity contribution in [3.8, 4) is 0 Å². The van der Waals surface area contributed by atoms with E-state index in [1.165, 1.54) is 0 Å². The molecule has 1 rings (SSSR count). The van der Waals surface area contributed by atoms with Crippen molar-refractivity contribution < 1.29 is 10.2 Å². The van der Waals surface area contributed by atoms with Gasteiger partial charge in [0.2, 0.25) is 0 Å². The lowest BCUT2D eigenvalue weighted by atomic mass is 10.2. The molecule has 1 aliphatic rings. The first-order valence-corrected chi connectivity index (χ1v) is 3.28. The summed E-state index contributed by atoms with van der Waals surface area (Å²) < 4.78 is 0. The Hall–Kier alpha value is -0.500. The zero-order valence-corrected chi connectivity index (χ0v) is 5.59. The average Bonchev–Trinajstić information content (AvgIpc) is 2.13. The van der Waals surface area contributed by atoms with Crippen LogP contribution < -0.4 is 0 Å². The van der Waals surface area contributed by atoms with Crippen molar-refractivity contribution in [1.82, 2.24) is 0 Å². The minimum absolute atomic E-state index is 0.306. The highest BCUT2D eigenvalue weighted by atomic mass is 16.3. The van der Waals surface area contributed by atoms with Gasteiger partial charge >= 0.3 is 0 Å². The Morgan fingerprint density at radius 2 is 2.33 bits per heavy atom. The fraction of sp³-hybridized carbons (Fsp3) is 0.714. The van der Waals surface area contributed by atoms with Gasteiger partial charge in [-0.15, -0.1) is 0 Å². The third kappa shape index (κ3) is 1.24. The highest BCUT2D eigenvalue weighted by molar-refractivity contribution is 5.14. The maximum Gasteiger partial charge on any atom is 0.0909 e. The number of rotatable bonds is 0. The molecule has 0 radical (unpaired) electrons. The molecule has 0 aromatic carbocycles. The van der Waals surface area contributed by atoms with Crippen LogP contribution in [0, 0.1) is 0 Å². The molecule has 1 atom stereocenters. The second kappa shape index (κ2) is 2.40. The maximum absolute atomic E-state index is 9.14. The molecule has 1 fully saturated rings. The molecule has 2 heteroatoms. The van der Waals surface area contributed by atoms with Crippen molar-refractivity contribution in [3.63, 3.8) is 0 Å². The van der Waals surface area contributed by atoms with Gasteiger partial charge in [-0.3, -0.25) is 0 Å². The Morgan fingerprint density at radius 3 is 2.56 bits per heavy atom. The largest absolute Gasteiger partial charge is 0.513 e. The van der Waals surface area contributed by atoms with Crippen molar-refractivity contribution >= 4 is 0 Å². The summed E-state index contributed by atoms with van der Waals surface area (Å²) in [6, 6.07) is 0. The van der Waals surface area contributed by atoms with Crippen LogP contribution in [0.4, 0.5) is 0 Å². The standard InChI is InChI=1S/C7H12O2/c1-5(8)6-3-2-4-7(6)9/h7-9H,2-4H2,1H3. The van der Waals surface area contributed by atoms with E-state index in [2.05, 4.69) is 0 Å². The van der Waals surface area contributed by atoms with Gasteiger partial charge in [0.25, 0.3) is 0 Å². The van der Waals surface area contributed by atoms with Crippen molar-refractivity contribution in [2.24, 2.45) is 0 Å². The van der Waals surface area contributed by atoms with Crippen LogP contribution in [0.5, 0.6) is 0 Å². The Labute approximate surface area is 54.8 Å². The van der Waals surface area contributed by atoms with E-state index in [4.69, 9.17) is 10.2 Å². The van der Waals surface area contributed by atoms with E-state index in [-0.39, 0.29) is 6.10 Å². The average molecular weight is 128 g/mol. The second-order valence-electron chi connectivity index (χ2n) is 2.52. The summed E-state index contributed by atoms with van der Waals surface area (Å²) in [4.78, 5) is 0. The SMILES string of the molecule is CC(O)=C1CCCC1O. The van der Waals surface area contributed by atoms with Crippen LogP contribution in [0.1, 0.15) is 26.2 Å². The molecule has 0 aliphatic heterocycles. The van der Waals surface area contributed by atoms with E-state index >= 15 is 0 Å². The van der Waals surface area contributed by atoms with Crippen molar-refractivity contribution in [1.29, 1.82) is 0 Å². The first-order chi connectivity index (χ1) is 4.22. The molecule has 0 heterocycles. The summed E-state index contributed by atoms with van der Waals surface area (Å²) in [5.74, 6) is 0.306. The number of hydrogen-bond donors (Lipinski definition) is 2. The highest BCUT2D eigenvalue weighted by Gasteiger charge is 2.19. The van der Waals surface area contributed by atoms with Gasteiger partial charge in [-0.1, -0.05) is 0 Å². The van der Waals surface area contributed by atoms with Crippen LogP contribution in [0.2, 0.25) is 0 Å². The van der Waals surface area contributed by atoms with Gasteiger partial charge in [0.15, 0.2) is 0 Å². The fourth-order valence-corrected chi connectivity index (χ4v) is 1.25. The molecule has 1 saturated carbocycles. The predicted octanol–water partition coefficient (Wildman–Crippen LogP) is 1.36. The van der Waals surface area contributed by atoms with Gasteiger partial charge in [0.05, 0.1) is 11.9 Å². The zero-order valence-electron chi connectivity index (χ0n) is 5.59. The van der Waals surface area contributed by atoms with Crippen LogP contribution in [-0.4, -0.2) is 16.3 Å². The van der Waals surface area contributed by atoms with Crippen molar-refractivity contribution in [3.05, 3.63) is 11.3 Å². The van der Waals surface area contributed by atoms with Gasteiger partial charge in [-0.25, -0.2) is 0 Å². The van der Waals surface area contributed by atoms with Crippen LogP contribution in [0.15, 0.2) is 11.3 Å². The van der Waals surface area contributed by atoms with Crippen LogP contribution in [0.25, 0.3) is 0 Å². The summed E-state index contributed by atoms with van der Waals surface area (Å²) in [6.45, 7) is 1.63. The van der Waals surface area contributed by atoms with Gasteiger partial charge < -0.3 is 10.2 Å². The summed E-state index contributed by atoms with van der Waals surface area (Å²) in [7, 11) is 0. The molecule has 0 saturated heterocycles. The molecule has 0 aromatic rings. The molecule has 0 bridgehead atoms. The summed E-state index contributed by atoms with van der Waals surface area (Å²) >= 11 is 0. The maximum atomic E-state index is 9.14. The van der Waals surface area contributed by atoms with Crippen LogP contribution in [-0.2, 0) is 0 Å². The summed E-state index contributed by atoms with van der Waals surface area (Å²) in [5, 5.41) is 18.1. The van der Waals surface area contributed by atoms with E-state index in [1.54, 1.807) is 6.92 Å².